The number of nitrogens with one attached hydrogen (secondary N) is 1. The highest BCUT2D eigenvalue weighted by Gasteiger charge is 2.27. The van der Waals surface area contributed by atoms with Crippen LogP contribution in [-0.2, 0) is 19.6 Å². The van der Waals surface area contributed by atoms with Crippen molar-refractivity contribution in [3.63, 3.8) is 0 Å². The second-order valence-corrected chi connectivity index (χ2v) is 9.00. The van der Waals surface area contributed by atoms with E-state index in [1.165, 1.54) is 0 Å². The zero-order valence-electron chi connectivity index (χ0n) is 15.5. The molecule has 1 atom stereocenters. The molecule has 1 amide bonds. The zero-order chi connectivity index (χ0) is 20.0. The molecule has 0 aliphatic rings. The van der Waals surface area contributed by atoms with Crippen LogP contribution in [0.1, 0.15) is 12.5 Å². The molecular weight excluding hydrogens is 432 g/mol. The molecule has 27 heavy (non-hydrogen) atoms. The van der Waals surface area contributed by atoms with Crippen LogP contribution >= 0.6 is 15.9 Å². The van der Waals surface area contributed by atoms with Crippen LogP contribution in [0.3, 0.4) is 0 Å². The van der Waals surface area contributed by atoms with Crippen molar-refractivity contribution >= 4 is 37.5 Å². The quantitative estimate of drug-likeness (QED) is 0.664. The van der Waals surface area contributed by atoms with Crippen molar-refractivity contribution in [2.45, 2.75) is 24.8 Å². The molecule has 0 radical (unpaired) electrons. The molecule has 1 N–H and O–H groups in total. The van der Waals surface area contributed by atoms with Crippen molar-refractivity contribution in [2.24, 2.45) is 0 Å². The van der Waals surface area contributed by atoms with Crippen LogP contribution in [0.2, 0.25) is 0 Å². The molecule has 0 unspecified atom stereocenters. The second-order valence-electron chi connectivity index (χ2n) is 6.23. The molecule has 0 bridgehead atoms. The minimum atomic E-state index is -3.90. The molecule has 146 valence electrons. The number of hydrogen-bond acceptors (Lipinski definition) is 4. The summed E-state index contributed by atoms with van der Waals surface area (Å²) in [6.45, 7) is 3.69. The predicted octanol–water partition coefficient (Wildman–Crippen LogP) is 3.10. The highest BCUT2D eigenvalue weighted by molar-refractivity contribution is 9.10. The number of hydrogen-bond donors (Lipinski definition) is 1. The van der Waals surface area contributed by atoms with E-state index in [1.807, 2.05) is 6.92 Å². The lowest BCUT2D eigenvalue weighted by molar-refractivity contribution is -0.120. The van der Waals surface area contributed by atoms with Crippen LogP contribution in [0.5, 0.6) is 0 Å². The molecule has 0 heterocycles. The Hall–Kier alpha value is -1.90. The number of sulfonamides is 1. The van der Waals surface area contributed by atoms with Gasteiger partial charge in [-0.25, -0.2) is 8.42 Å². The van der Waals surface area contributed by atoms with Gasteiger partial charge < -0.3 is 10.1 Å². The van der Waals surface area contributed by atoms with Crippen LogP contribution in [0.4, 0.5) is 5.69 Å². The number of nitrogens with zero attached hydrogens (tertiary/aromatic N) is 1. The minimum absolute atomic E-state index is 0.133. The Bertz CT molecular complexity index is 868. The summed E-state index contributed by atoms with van der Waals surface area (Å²) in [6, 6.07) is 13.1. The maximum Gasteiger partial charge on any atom is 0.264 e. The third-order valence-corrected chi connectivity index (χ3v) is 6.15. The van der Waals surface area contributed by atoms with Gasteiger partial charge in [-0.15, -0.1) is 0 Å². The highest BCUT2D eigenvalue weighted by Crippen LogP contribution is 2.25. The van der Waals surface area contributed by atoms with Gasteiger partial charge >= 0.3 is 0 Å². The lowest BCUT2D eigenvalue weighted by atomic mass is 10.2. The van der Waals surface area contributed by atoms with Crippen molar-refractivity contribution in [2.75, 3.05) is 24.6 Å². The molecular formula is C19H23BrN2O4S. The Morgan fingerprint density at radius 1 is 1.15 bits per heavy atom. The number of aryl methyl sites for hydroxylation is 1. The van der Waals surface area contributed by atoms with Gasteiger partial charge in [0, 0.05) is 17.6 Å². The fourth-order valence-corrected chi connectivity index (χ4v) is 4.19. The highest BCUT2D eigenvalue weighted by atomic mass is 79.9. The van der Waals surface area contributed by atoms with Crippen LogP contribution in [0.15, 0.2) is 57.9 Å². The average molecular weight is 455 g/mol. The summed E-state index contributed by atoms with van der Waals surface area (Å²) in [6.07, 6.45) is 0. The average Bonchev–Trinajstić information content (AvgIpc) is 2.61. The first-order chi connectivity index (χ1) is 12.7. The van der Waals surface area contributed by atoms with Crippen LogP contribution in [0, 0.1) is 6.92 Å². The standard InChI is InChI=1S/C19H23BrN2O4S/c1-14-4-10-18(11-5-14)27(24,25)22(17-8-6-16(20)7-9-17)12-19(23)21-15(2)13-26-3/h4-11,15H,12-13H2,1-3H3,(H,21,23)/t15-/m0/s1. The molecule has 6 nitrogen and oxygen atoms in total. The topological polar surface area (TPSA) is 75.7 Å². The van der Waals surface area contributed by atoms with E-state index in [-0.39, 0.29) is 17.5 Å². The third kappa shape index (κ3) is 5.79. The van der Waals surface area contributed by atoms with Gasteiger partial charge in [0.25, 0.3) is 10.0 Å². The van der Waals surface area contributed by atoms with Crippen molar-refractivity contribution in [1.29, 1.82) is 0 Å². The van der Waals surface area contributed by atoms with Gasteiger partial charge in [0.15, 0.2) is 0 Å². The zero-order valence-corrected chi connectivity index (χ0v) is 17.9. The molecule has 2 aromatic rings. The number of methoxy groups -OCH3 is 1. The summed E-state index contributed by atoms with van der Waals surface area (Å²) in [5.74, 6) is -0.404. The molecule has 0 aliphatic carbocycles. The number of benzene rings is 2. The Morgan fingerprint density at radius 2 is 1.74 bits per heavy atom. The van der Waals surface area contributed by atoms with E-state index >= 15 is 0 Å². The fraction of sp³-hybridized carbons (Fsp3) is 0.316. The van der Waals surface area contributed by atoms with Crippen LogP contribution in [0.25, 0.3) is 0 Å². The summed E-state index contributed by atoms with van der Waals surface area (Å²) >= 11 is 3.34. The lowest BCUT2D eigenvalue weighted by Gasteiger charge is -2.25. The number of rotatable bonds is 8. The first-order valence-corrected chi connectivity index (χ1v) is 10.6. The van der Waals surface area contributed by atoms with Gasteiger partial charge in [-0.2, -0.15) is 0 Å². The number of halogens is 1. The molecule has 0 saturated heterocycles. The van der Waals surface area contributed by atoms with Crippen molar-refractivity contribution in [1.82, 2.24) is 5.32 Å². The Balaban J connectivity index is 2.36. The van der Waals surface area contributed by atoms with Gasteiger partial charge in [-0.3, -0.25) is 9.10 Å². The number of amides is 1. The molecule has 0 spiro atoms. The smallest absolute Gasteiger partial charge is 0.264 e. The Kier molecular flexibility index (Phi) is 7.41. The number of carbonyl (C=O) groups is 1. The second kappa shape index (κ2) is 9.34. The largest absolute Gasteiger partial charge is 0.383 e. The molecule has 0 aliphatic heterocycles. The molecule has 8 heteroatoms. The lowest BCUT2D eigenvalue weighted by Crippen LogP contribution is -2.44. The number of anilines is 1. The maximum atomic E-state index is 13.2. The SMILES string of the molecule is COC[C@H](C)NC(=O)CN(c1ccc(Br)cc1)S(=O)(=O)c1ccc(C)cc1. The van der Waals surface area contributed by atoms with E-state index in [4.69, 9.17) is 4.74 Å². The van der Waals surface area contributed by atoms with Crippen molar-refractivity contribution in [3.8, 4) is 0 Å². The van der Waals surface area contributed by atoms with Gasteiger partial charge in [-0.05, 0) is 50.2 Å². The van der Waals surface area contributed by atoms with Gasteiger partial charge in [0.2, 0.25) is 5.91 Å². The summed E-state index contributed by atoms with van der Waals surface area (Å²) in [4.78, 5) is 12.6. The normalized spacial score (nSPS) is 12.4. The number of ether oxygens (including phenoxy) is 1. The third-order valence-electron chi connectivity index (χ3n) is 3.83. The summed E-state index contributed by atoms with van der Waals surface area (Å²) in [5, 5.41) is 2.75. The summed E-state index contributed by atoms with van der Waals surface area (Å²) in [7, 11) is -2.36. The molecule has 2 rings (SSSR count). The summed E-state index contributed by atoms with van der Waals surface area (Å²) < 4.78 is 33.3. The summed E-state index contributed by atoms with van der Waals surface area (Å²) in [5.41, 5.74) is 1.36. The van der Waals surface area contributed by atoms with E-state index < -0.39 is 15.9 Å². The molecule has 2 aromatic carbocycles. The van der Waals surface area contributed by atoms with Crippen molar-refractivity contribution in [3.05, 3.63) is 58.6 Å². The van der Waals surface area contributed by atoms with Crippen LogP contribution in [-0.4, -0.2) is 40.6 Å². The maximum absolute atomic E-state index is 13.2. The Labute approximate surface area is 168 Å². The van der Waals surface area contributed by atoms with E-state index in [0.717, 1.165) is 14.3 Å². The molecule has 0 fully saturated rings. The molecule has 0 saturated carbocycles. The van der Waals surface area contributed by atoms with E-state index in [9.17, 15) is 13.2 Å². The Morgan fingerprint density at radius 3 is 2.30 bits per heavy atom. The monoisotopic (exact) mass is 454 g/mol. The van der Waals surface area contributed by atoms with E-state index in [1.54, 1.807) is 62.6 Å². The predicted molar refractivity (Wildman–Crippen MR) is 109 cm³/mol. The van der Waals surface area contributed by atoms with E-state index in [0.29, 0.717) is 12.3 Å². The van der Waals surface area contributed by atoms with Gasteiger partial charge in [0.05, 0.1) is 17.2 Å². The molecule has 0 aromatic heterocycles. The van der Waals surface area contributed by atoms with Gasteiger partial charge in [0.1, 0.15) is 6.54 Å². The first-order valence-electron chi connectivity index (χ1n) is 8.37. The van der Waals surface area contributed by atoms with E-state index in [2.05, 4.69) is 21.2 Å². The van der Waals surface area contributed by atoms with Crippen LogP contribution < -0.4 is 9.62 Å². The minimum Gasteiger partial charge on any atom is -0.383 e. The van der Waals surface area contributed by atoms with Crippen molar-refractivity contribution < 1.29 is 17.9 Å². The fourth-order valence-electron chi connectivity index (χ4n) is 2.50. The number of carbonyl (C=O) groups excluding carboxylic acids is 1. The first kappa shape index (κ1) is 21.4. The van der Waals surface area contributed by atoms with Gasteiger partial charge in [-0.1, -0.05) is 33.6 Å².